The second-order valence-electron chi connectivity index (χ2n) is 6.10. The maximum absolute atomic E-state index is 4.71. The highest BCUT2D eigenvalue weighted by Gasteiger charge is 2.52. The molecule has 0 unspecified atom stereocenters. The molecule has 0 radical (unpaired) electrons. The second kappa shape index (κ2) is 3.63. The molecule has 1 nitrogen and oxygen atoms in total. The van der Waals surface area contributed by atoms with Crippen LogP contribution in [0.3, 0.4) is 0 Å². The van der Waals surface area contributed by atoms with Crippen LogP contribution < -0.4 is 5.73 Å². The summed E-state index contributed by atoms with van der Waals surface area (Å²) in [6, 6.07) is 26.4. The molecule has 0 heterocycles. The third-order valence-corrected chi connectivity index (χ3v) is 5.19. The number of hydrogen-bond donors (Lipinski definition) is 1. The van der Waals surface area contributed by atoms with Crippen LogP contribution in [0.2, 0.25) is 0 Å². The van der Waals surface area contributed by atoms with Crippen molar-refractivity contribution >= 4 is 0 Å². The van der Waals surface area contributed by atoms with Crippen LogP contribution in [0.5, 0.6) is 0 Å². The monoisotopic (exact) mass is 270 g/mol. The first-order chi connectivity index (χ1) is 10.3. The lowest BCUT2D eigenvalue weighted by Gasteiger charge is -2.45. The van der Waals surface area contributed by atoms with Gasteiger partial charge in [-0.05, 0) is 16.7 Å². The van der Waals surface area contributed by atoms with E-state index in [-0.39, 0.29) is 5.54 Å². The lowest BCUT2D eigenvalue weighted by molar-refractivity contribution is -0.457. The van der Waals surface area contributed by atoms with Gasteiger partial charge >= 0.3 is 0 Å². The first-order valence-electron chi connectivity index (χ1n) is 7.45. The summed E-state index contributed by atoms with van der Waals surface area (Å²) in [5, 5.41) is 0. The molecule has 0 atom stereocenters. The predicted octanol–water partition coefficient (Wildman–Crippen LogP) is 3.03. The van der Waals surface area contributed by atoms with E-state index in [4.69, 9.17) is 5.73 Å². The molecule has 3 aromatic rings. The van der Waals surface area contributed by atoms with Crippen LogP contribution in [-0.4, -0.2) is 0 Å². The van der Waals surface area contributed by atoms with Gasteiger partial charge in [0.15, 0.2) is 5.54 Å². The molecule has 0 aliphatic heterocycles. The summed E-state index contributed by atoms with van der Waals surface area (Å²) in [6.45, 7) is 0. The van der Waals surface area contributed by atoms with E-state index < -0.39 is 0 Å². The average Bonchev–Trinajstić information content (AvgIpc) is 2.56. The Kier molecular flexibility index (Phi) is 1.95. The van der Waals surface area contributed by atoms with Gasteiger partial charge in [-0.15, -0.1) is 0 Å². The van der Waals surface area contributed by atoms with Crippen LogP contribution in [0, 0.1) is 0 Å². The van der Waals surface area contributed by atoms with Crippen molar-refractivity contribution < 1.29 is 5.73 Å². The molecule has 21 heavy (non-hydrogen) atoms. The minimum absolute atomic E-state index is 0.265. The van der Waals surface area contributed by atoms with Crippen molar-refractivity contribution in [1.29, 1.82) is 0 Å². The largest absolute Gasteiger partial charge is 0.341 e. The van der Waals surface area contributed by atoms with Crippen molar-refractivity contribution in [2.75, 3.05) is 0 Å². The number of quaternary nitrogens is 1. The molecule has 2 bridgehead atoms. The first-order valence-corrected chi connectivity index (χ1v) is 7.45. The Hall–Kier alpha value is -2.38. The van der Waals surface area contributed by atoms with Crippen LogP contribution in [0.1, 0.15) is 39.3 Å². The highest BCUT2D eigenvalue weighted by molar-refractivity contribution is 5.69. The van der Waals surface area contributed by atoms with Crippen LogP contribution in [0.4, 0.5) is 0 Å². The van der Waals surface area contributed by atoms with Gasteiger partial charge in [0.1, 0.15) is 0 Å². The van der Waals surface area contributed by atoms with E-state index >= 15 is 0 Å². The summed E-state index contributed by atoms with van der Waals surface area (Å²) in [6.07, 6.45) is 0. The smallest absolute Gasteiger partial charge is 0.172 e. The summed E-state index contributed by atoms with van der Waals surface area (Å²) in [5.74, 6) is 0.359. The number of rotatable bonds is 0. The van der Waals surface area contributed by atoms with Gasteiger partial charge < -0.3 is 5.73 Å². The highest BCUT2D eigenvalue weighted by Crippen LogP contribution is 2.55. The number of benzene rings is 3. The minimum Gasteiger partial charge on any atom is -0.341 e. The SMILES string of the molecule is [NH3+]C12c3ccccc3C(c3ccccc31)c1ccccc12. The Bertz CT molecular complexity index is 763. The molecule has 3 N–H and O–H groups in total. The summed E-state index contributed by atoms with van der Waals surface area (Å²) in [5.41, 5.74) is 12.8. The van der Waals surface area contributed by atoms with Gasteiger partial charge in [-0.2, -0.15) is 0 Å². The normalized spacial score (nSPS) is 24.1. The molecule has 0 spiro atoms. The Morgan fingerprint density at radius 1 is 0.571 bits per heavy atom. The van der Waals surface area contributed by atoms with Crippen molar-refractivity contribution in [3.63, 3.8) is 0 Å². The summed E-state index contributed by atoms with van der Waals surface area (Å²) in [4.78, 5) is 0. The fourth-order valence-electron chi connectivity index (χ4n) is 4.35. The zero-order valence-corrected chi connectivity index (χ0v) is 11.7. The quantitative estimate of drug-likeness (QED) is 0.650. The van der Waals surface area contributed by atoms with Gasteiger partial charge in [-0.25, -0.2) is 0 Å². The lowest BCUT2D eigenvalue weighted by atomic mass is 9.57. The van der Waals surface area contributed by atoms with Crippen molar-refractivity contribution in [3.8, 4) is 0 Å². The molecule has 3 aromatic carbocycles. The molecule has 0 fully saturated rings. The van der Waals surface area contributed by atoms with E-state index in [1.54, 1.807) is 0 Å². The van der Waals surface area contributed by atoms with E-state index in [1.165, 1.54) is 33.4 Å². The Morgan fingerprint density at radius 3 is 1.29 bits per heavy atom. The van der Waals surface area contributed by atoms with Crippen LogP contribution in [0.15, 0.2) is 72.8 Å². The minimum atomic E-state index is -0.265. The highest BCUT2D eigenvalue weighted by atomic mass is 14.8. The zero-order valence-electron chi connectivity index (χ0n) is 11.7. The van der Waals surface area contributed by atoms with Crippen molar-refractivity contribution in [2.24, 2.45) is 0 Å². The Balaban J connectivity index is 2.00. The molecule has 100 valence electrons. The first kappa shape index (κ1) is 11.3. The lowest BCUT2D eigenvalue weighted by Crippen LogP contribution is -2.74. The molecule has 0 aromatic heterocycles. The van der Waals surface area contributed by atoms with Gasteiger partial charge in [0, 0.05) is 22.6 Å². The van der Waals surface area contributed by atoms with E-state index in [0.29, 0.717) is 5.92 Å². The fourth-order valence-corrected chi connectivity index (χ4v) is 4.35. The third kappa shape index (κ3) is 1.17. The number of hydrogen-bond acceptors (Lipinski definition) is 0. The molecular weight excluding hydrogens is 254 g/mol. The second-order valence-corrected chi connectivity index (χ2v) is 6.10. The van der Waals surface area contributed by atoms with E-state index in [0.717, 1.165) is 0 Å². The molecule has 0 amide bonds. The van der Waals surface area contributed by atoms with Crippen LogP contribution in [-0.2, 0) is 5.54 Å². The maximum atomic E-state index is 4.71. The standard InChI is InChI=1S/C20H15N/c21-20-16-10-4-1-7-13(16)19(14-8-2-5-11-17(14)20)15-9-3-6-12-18(15)20/h1-12,19H,21H2/p+1. The van der Waals surface area contributed by atoms with E-state index in [2.05, 4.69) is 72.8 Å². The fraction of sp³-hybridized carbons (Fsp3) is 0.100. The zero-order chi connectivity index (χ0) is 14.0. The van der Waals surface area contributed by atoms with Crippen molar-refractivity contribution in [2.45, 2.75) is 11.5 Å². The van der Waals surface area contributed by atoms with Crippen LogP contribution in [0.25, 0.3) is 0 Å². The molecule has 0 saturated carbocycles. The summed E-state index contributed by atoms with van der Waals surface area (Å²) >= 11 is 0. The van der Waals surface area contributed by atoms with Gasteiger partial charge in [0.25, 0.3) is 0 Å². The van der Waals surface area contributed by atoms with Crippen LogP contribution >= 0.6 is 0 Å². The Labute approximate surface area is 124 Å². The molecule has 3 aliphatic rings. The molecule has 3 aliphatic carbocycles. The predicted molar refractivity (Wildman–Crippen MR) is 83.0 cm³/mol. The molecule has 0 saturated heterocycles. The van der Waals surface area contributed by atoms with Crippen molar-refractivity contribution in [1.82, 2.24) is 0 Å². The van der Waals surface area contributed by atoms with Gasteiger partial charge in [-0.3, -0.25) is 0 Å². The van der Waals surface area contributed by atoms with Gasteiger partial charge in [0.05, 0.1) is 0 Å². The van der Waals surface area contributed by atoms with E-state index in [1.807, 2.05) is 0 Å². The van der Waals surface area contributed by atoms with Gasteiger partial charge in [-0.1, -0.05) is 72.8 Å². The average molecular weight is 270 g/mol. The summed E-state index contributed by atoms with van der Waals surface area (Å²) in [7, 11) is 0. The molecule has 6 rings (SSSR count). The van der Waals surface area contributed by atoms with Crippen molar-refractivity contribution in [3.05, 3.63) is 106 Å². The Morgan fingerprint density at radius 2 is 0.905 bits per heavy atom. The molecular formula is C20H16N+. The topological polar surface area (TPSA) is 27.6 Å². The van der Waals surface area contributed by atoms with Gasteiger partial charge in [0.2, 0.25) is 0 Å². The molecule has 1 heteroatoms. The maximum Gasteiger partial charge on any atom is 0.172 e. The van der Waals surface area contributed by atoms with E-state index in [9.17, 15) is 0 Å². The summed E-state index contributed by atoms with van der Waals surface area (Å²) < 4.78 is 0. The third-order valence-electron chi connectivity index (χ3n) is 5.19.